The molecule has 0 aliphatic carbocycles. The number of hydrogen-bond donors (Lipinski definition) is 0. The molecule has 0 saturated heterocycles. The van der Waals surface area contributed by atoms with E-state index in [1.807, 2.05) is 6.92 Å². The van der Waals surface area contributed by atoms with E-state index < -0.39 is 0 Å². The van der Waals surface area contributed by atoms with Crippen molar-refractivity contribution in [1.82, 2.24) is 0 Å². The molecule has 1 aromatic rings. The second-order valence-electron chi connectivity index (χ2n) is 6.40. The molecule has 0 aliphatic heterocycles. The largest absolute Gasteiger partial charge is 0.495 e. The van der Waals surface area contributed by atoms with Gasteiger partial charge in [0, 0.05) is 11.6 Å². The molecular weight excluding hydrogens is 319 g/mol. The van der Waals surface area contributed by atoms with E-state index in [0.717, 1.165) is 17.9 Å². The molecule has 0 fully saturated rings. The molecule has 1 aromatic carbocycles. The molecule has 126 valence electrons. The second kappa shape index (κ2) is 9.52. The van der Waals surface area contributed by atoms with Crippen LogP contribution in [-0.4, -0.2) is 13.7 Å². The summed E-state index contributed by atoms with van der Waals surface area (Å²) < 4.78 is 11.1. The van der Waals surface area contributed by atoms with Crippen LogP contribution in [0.5, 0.6) is 11.5 Å². The first kappa shape index (κ1) is 19.4. The van der Waals surface area contributed by atoms with Gasteiger partial charge < -0.3 is 9.47 Å². The summed E-state index contributed by atoms with van der Waals surface area (Å²) in [6.07, 6.45) is 4.85. The zero-order valence-corrected chi connectivity index (χ0v) is 15.9. The van der Waals surface area contributed by atoms with Crippen molar-refractivity contribution in [2.75, 3.05) is 13.7 Å². The predicted octanol–water partition coefficient (Wildman–Crippen LogP) is 6.54. The lowest BCUT2D eigenvalue weighted by Crippen LogP contribution is -2.05. The lowest BCUT2D eigenvalue weighted by Gasteiger charge is -2.16. The van der Waals surface area contributed by atoms with Crippen LogP contribution in [0.3, 0.4) is 0 Å². The maximum Gasteiger partial charge on any atom is 0.142 e. The molecule has 0 spiro atoms. The van der Waals surface area contributed by atoms with Crippen LogP contribution >= 0.6 is 23.2 Å². The smallest absolute Gasteiger partial charge is 0.142 e. The van der Waals surface area contributed by atoms with Crippen molar-refractivity contribution in [2.24, 2.45) is 11.8 Å². The topological polar surface area (TPSA) is 18.5 Å². The highest BCUT2D eigenvalue weighted by molar-refractivity contribution is 6.36. The molecule has 0 N–H and O–H groups in total. The molecule has 1 atom stereocenters. The van der Waals surface area contributed by atoms with Crippen molar-refractivity contribution >= 4 is 23.2 Å². The van der Waals surface area contributed by atoms with Gasteiger partial charge in [0.25, 0.3) is 0 Å². The Morgan fingerprint density at radius 2 is 1.77 bits per heavy atom. The summed E-state index contributed by atoms with van der Waals surface area (Å²) in [6.45, 7) is 9.35. The van der Waals surface area contributed by atoms with Gasteiger partial charge in [0.1, 0.15) is 11.5 Å². The van der Waals surface area contributed by atoms with Crippen molar-refractivity contribution in [2.45, 2.75) is 53.4 Å². The molecular formula is C18H28Cl2O2. The standard InChI is InChI=1S/C18H28Cl2O2/c1-12(2)7-6-8-13(3)9-10-22-16-11-15(19)18(21-5)14(4)17(16)20/h11-13H,6-10H2,1-5H3. The maximum atomic E-state index is 6.32. The van der Waals surface area contributed by atoms with Crippen molar-refractivity contribution in [3.63, 3.8) is 0 Å². The van der Waals surface area contributed by atoms with E-state index in [0.29, 0.717) is 34.1 Å². The highest BCUT2D eigenvalue weighted by atomic mass is 35.5. The number of hydrogen-bond acceptors (Lipinski definition) is 2. The fraction of sp³-hybridized carbons (Fsp3) is 0.667. The van der Waals surface area contributed by atoms with Gasteiger partial charge in [-0.25, -0.2) is 0 Å². The van der Waals surface area contributed by atoms with Gasteiger partial charge >= 0.3 is 0 Å². The Balaban J connectivity index is 2.48. The van der Waals surface area contributed by atoms with Gasteiger partial charge in [-0.15, -0.1) is 0 Å². The highest BCUT2D eigenvalue weighted by Gasteiger charge is 2.14. The van der Waals surface area contributed by atoms with Gasteiger partial charge in [-0.05, 0) is 25.2 Å². The van der Waals surface area contributed by atoms with Crippen LogP contribution in [0.2, 0.25) is 10.0 Å². The molecule has 0 saturated carbocycles. The SMILES string of the molecule is COc1c(Cl)cc(OCCC(C)CCCC(C)C)c(Cl)c1C. The molecule has 4 heteroatoms. The number of rotatable bonds is 9. The molecule has 0 aromatic heterocycles. The van der Waals surface area contributed by atoms with Crippen LogP contribution in [0.15, 0.2) is 6.07 Å². The van der Waals surface area contributed by atoms with Gasteiger partial charge in [0.05, 0.1) is 23.8 Å². The molecule has 0 bridgehead atoms. The zero-order valence-electron chi connectivity index (χ0n) is 14.3. The van der Waals surface area contributed by atoms with Gasteiger partial charge in [0.2, 0.25) is 0 Å². The van der Waals surface area contributed by atoms with Crippen molar-refractivity contribution < 1.29 is 9.47 Å². The van der Waals surface area contributed by atoms with Crippen LogP contribution in [0.25, 0.3) is 0 Å². The van der Waals surface area contributed by atoms with Gasteiger partial charge in [-0.1, -0.05) is 63.2 Å². The van der Waals surface area contributed by atoms with Crippen LogP contribution < -0.4 is 9.47 Å². The Hall–Kier alpha value is -0.600. The fourth-order valence-corrected chi connectivity index (χ4v) is 2.97. The third kappa shape index (κ3) is 5.89. The van der Waals surface area contributed by atoms with Crippen LogP contribution in [0, 0.1) is 18.8 Å². The van der Waals surface area contributed by atoms with E-state index in [9.17, 15) is 0 Å². The van der Waals surface area contributed by atoms with Crippen LogP contribution in [-0.2, 0) is 0 Å². The summed E-state index contributed by atoms with van der Waals surface area (Å²) in [5.74, 6) is 2.69. The summed E-state index contributed by atoms with van der Waals surface area (Å²) >= 11 is 12.5. The monoisotopic (exact) mass is 346 g/mol. The third-order valence-electron chi connectivity index (χ3n) is 3.91. The van der Waals surface area contributed by atoms with Crippen molar-refractivity contribution in [1.29, 1.82) is 0 Å². The summed E-state index contributed by atoms with van der Waals surface area (Å²) in [7, 11) is 1.59. The minimum absolute atomic E-state index is 0.532. The lowest BCUT2D eigenvalue weighted by molar-refractivity contribution is 0.275. The second-order valence-corrected chi connectivity index (χ2v) is 7.18. The minimum Gasteiger partial charge on any atom is -0.495 e. The van der Waals surface area contributed by atoms with E-state index in [-0.39, 0.29) is 0 Å². The predicted molar refractivity (Wildman–Crippen MR) is 95.7 cm³/mol. The number of halogens is 2. The normalized spacial score (nSPS) is 12.5. The number of benzene rings is 1. The summed E-state index contributed by atoms with van der Waals surface area (Å²) in [5, 5.41) is 1.11. The third-order valence-corrected chi connectivity index (χ3v) is 4.66. The molecule has 1 rings (SSSR count). The first-order chi connectivity index (χ1) is 10.4. The number of methoxy groups -OCH3 is 1. The highest BCUT2D eigenvalue weighted by Crippen LogP contribution is 2.40. The van der Waals surface area contributed by atoms with E-state index in [4.69, 9.17) is 32.7 Å². The molecule has 0 amide bonds. The number of ether oxygens (including phenoxy) is 2. The van der Waals surface area contributed by atoms with Gasteiger partial charge in [0.15, 0.2) is 0 Å². The van der Waals surface area contributed by atoms with Crippen LogP contribution in [0.1, 0.15) is 52.0 Å². The molecule has 0 radical (unpaired) electrons. The van der Waals surface area contributed by atoms with Crippen molar-refractivity contribution in [3.05, 3.63) is 21.7 Å². The Morgan fingerprint density at radius 3 is 2.36 bits per heavy atom. The van der Waals surface area contributed by atoms with Crippen LogP contribution in [0.4, 0.5) is 0 Å². The minimum atomic E-state index is 0.532. The van der Waals surface area contributed by atoms with Gasteiger partial charge in [-0.2, -0.15) is 0 Å². The zero-order chi connectivity index (χ0) is 16.7. The molecule has 0 aliphatic rings. The Labute approximate surface area is 145 Å². The molecule has 22 heavy (non-hydrogen) atoms. The quantitative estimate of drug-likeness (QED) is 0.505. The first-order valence-electron chi connectivity index (χ1n) is 8.02. The molecule has 2 nitrogen and oxygen atoms in total. The Morgan fingerprint density at radius 1 is 1.09 bits per heavy atom. The van der Waals surface area contributed by atoms with E-state index >= 15 is 0 Å². The average molecular weight is 347 g/mol. The molecule has 0 heterocycles. The fourth-order valence-electron chi connectivity index (χ4n) is 2.45. The Kier molecular flexibility index (Phi) is 8.41. The maximum absolute atomic E-state index is 6.32. The van der Waals surface area contributed by atoms with Crippen molar-refractivity contribution in [3.8, 4) is 11.5 Å². The molecule has 1 unspecified atom stereocenters. The Bertz CT molecular complexity index is 473. The summed E-state index contributed by atoms with van der Waals surface area (Å²) in [6, 6.07) is 1.74. The first-order valence-corrected chi connectivity index (χ1v) is 8.77. The van der Waals surface area contributed by atoms with E-state index in [1.165, 1.54) is 19.3 Å². The van der Waals surface area contributed by atoms with E-state index in [1.54, 1.807) is 13.2 Å². The summed E-state index contributed by atoms with van der Waals surface area (Å²) in [4.78, 5) is 0. The lowest BCUT2D eigenvalue weighted by atomic mass is 9.98. The van der Waals surface area contributed by atoms with Gasteiger partial charge in [-0.3, -0.25) is 0 Å². The van der Waals surface area contributed by atoms with E-state index in [2.05, 4.69) is 20.8 Å². The average Bonchev–Trinajstić information content (AvgIpc) is 2.44. The summed E-state index contributed by atoms with van der Waals surface area (Å²) in [5.41, 5.74) is 0.816.